The number of guanidine groups is 1. The van der Waals surface area contributed by atoms with Crippen LogP contribution in [0.4, 0.5) is 8.78 Å². The number of likely N-dealkylation sites (tertiary alicyclic amines) is 1. The minimum atomic E-state index is -2.38. The summed E-state index contributed by atoms with van der Waals surface area (Å²) in [5.41, 5.74) is 0. The van der Waals surface area contributed by atoms with Crippen LogP contribution < -0.4 is 5.32 Å². The third-order valence-corrected chi connectivity index (χ3v) is 3.75. The van der Waals surface area contributed by atoms with E-state index in [0.717, 1.165) is 19.5 Å². The molecule has 2 rings (SSSR count). The molecule has 2 unspecified atom stereocenters. The monoisotopic (exact) mass is 413 g/mol. The number of nitrogens with zero attached hydrogens (tertiary/aromatic N) is 4. The number of imidazole rings is 1. The van der Waals surface area contributed by atoms with E-state index in [1.807, 2.05) is 11.1 Å². The van der Waals surface area contributed by atoms with Gasteiger partial charge in [-0.2, -0.15) is 0 Å². The summed E-state index contributed by atoms with van der Waals surface area (Å²) in [6.45, 7) is 3.42. The summed E-state index contributed by atoms with van der Waals surface area (Å²) in [5.74, 6) is 1.07. The highest BCUT2D eigenvalue weighted by Gasteiger charge is 2.28. The van der Waals surface area contributed by atoms with Gasteiger partial charge in [0, 0.05) is 32.5 Å². The molecule has 1 aliphatic rings. The fourth-order valence-corrected chi connectivity index (χ4v) is 2.60. The van der Waals surface area contributed by atoms with Crippen LogP contribution in [0.1, 0.15) is 19.4 Å². The maximum absolute atomic E-state index is 12.3. The predicted octanol–water partition coefficient (Wildman–Crippen LogP) is 2.22. The number of piperidine rings is 1. The molecule has 0 aliphatic carbocycles. The summed E-state index contributed by atoms with van der Waals surface area (Å²) in [4.78, 5) is 10.2. The molecule has 1 saturated heterocycles. The normalized spacial score (nSPS) is 23.1. The Bertz CT molecular complexity index is 438. The molecule has 8 heteroatoms. The lowest BCUT2D eigenvalue weighted by Crippen LogP contribution is -2.49. The van der Waals surface area contributed by atoms with Crippen molar-refractivity contribution in [3.05, 3.63) is 18.7 Å². The summed E-state index contributed by atoms with van der Waals surface area (Å²) in [5, 5.41) is 2.72. The van der Waals surface area contributed by atoms with Crippen molar-refractivity contribution in [2.75, 3.05) is 26.7 Å². The van der Waals surface area contributed by atoms with Gasteiger partial charge in [0.2, 0.25) is 0 Å². The first-order valence-electron chi connectivity index (χ1n) is 6.83. The Hall–Kier alpha value is -0.930. The summed E-state index contributed by atoms with van der Waals surface area (Å²) in [6, 6.07) is 0.288. The van der Waals surface area contributed by atoms with Gasteiger partial charge in [-0.25, -0.2) is 13.8 Å². The third kappa shape index (κ3) is 4.79. The van der Waals surface area contributed by atoms with Crippen LogP contribution >= 0.6 is 24.0 Å². The zero-order valence-corrected chi connectivity index (χ0v) is 14.6. The highest BCUT2D eigenvalue weighted by atomic mass is 127. The number of alkyl halides is 2. The maximum Gasteiger partial charge on any atom is 0.255 e. The Morgan fingerprint density at radius 2 is 2.29 bits per heavy atom. The number of aliphatic imine (C=N–C) groups is 1. The van der Waals surface area contributed by atoms with E-state index in [1.54, 1.807) is 19.6 Å². The van der Waals surface area contributed by atoms with Crippen molar-refractivity contribution in [1.29, 1.82) is 0 Å². The van der Waals surface area contributed by atoms with Gasteiger partial charge in [-0.1, -0.05) is 6.92 Å². The molecule has 0 amide bonds. The van der Waals surface area contributed by atoms with Crippen LogP contribution in [0.2, 0.25) is 0 Å². The van der Waals surface area contributed by atoms with Crippen molar-refractivity contribution >= 4 is 29.9 Å². The van der Waals surface area contributed by atoms with Crippen LogP contribution in [0.25, 0.3) is 0 Å². The SMILES string of the molecule is CN=C(NCC(F)F)N1CCC(C)C(n2ccnc2)C1.I. The van der Waals surface area contributed by atoms with E-state index in [1.165, 1.54) is 0 Å². The number of aromatic nitrogens is 2. The second kappa shape index (κ2) is 8.50. The van der Waals surface area contributed by atoms with E-state index < -0.39 is 6.43 Å². The zero-order valence-electron chi connectivity index (χ0n) is 12.2. The molecule has 1 fully saturated rings. The predicted molar refractivity (Wildman–Crippen MR) is 89.4 cm³/mol. The highest BCUT2D eigenvalue weighted by Crippen LogP contribution is 2.27. The van der Waals surface area contributed by atoms with Gasteiger partial charge in [0.1, 0.15) is 0 Å². The minimum absolute atomic E-state index is 0. The molecule has 2 heterocycles. The summed E-state index contributed by atoms with van der Waals surface area (Å²) in [6.07, 6.45) is 4.13. The smallest absolute Gasteiger partial charge is 0.255 e. The van der Waals surface area contributed by atoms with Crippen molar-refractivity contribution < 1.29 is 8.78 Å². The Labute approximate surface area is 140 Å². The van der Waals surface area contributed by atoms with E-state index in [4.69, 9.17) is 0 Å². The summed E-state index contributed by atoms with van der Waals surface area (Å²) >= 11 is 0. The van der Waals surface area contributed by atoms with Gasteiger partial charge < -0.3 is 14.8 Å². The first-order valence-corrected chi connectivity index (χ1v) is 6.83. The van der Waals surface area contributed by atoms with Crippen molar-refractivity contribution in [2.24, 2.45) is 10.9 Å². The molecular weight excluding hydrogens is 391 g/mol. The van der Waals surface area contributed by atoms with E-state index in [9.17, 15) is 8.78 Å². The number of halogens is 3. The largest absolute Gasteiger partial charge is 0.351 e. The van der Waals surface area contributed by atoms with Crippen LogP contribution in [-0.2, 0) is 0 Å². The first-order chi connectivity index (χ1) is 9.61. The molecule has 21 heavy (non-hydrogen) atoms. The minimum Gasteiger partial charge on any atom is -0.351 e. The number of rotatable bonds is 3. The van der Waals surface area contributed by atoms with Crippen LogP contribution in [0.15, 0.2) is 23.7 Å². The van der Waals surface area contributed by atoms with Crippen molar-refractivity contribution in [3.8, 4) is 0 Å². The topological polar surface area (TPSA) is 45.5 Å². The fraction of sp³-hybridized carbons (Fsp3) is 0.692. The zero-order chi connectivity index (χ0) is 14.5. The molecule has 1 N–H and O–H groups in total. The molecule has 2 atom stereocenters. The maximum atomic E-state index is 12.3. The molecule has 0 spiro atoms. The van der Waals surface area contributed by atoms with E-state index in [2.05, 4.69) is 26.8 Å². The molecule has 5 nitrogen and oxygen atoms in total. The Kier molecular flexibility index (Phi) is 7.33. The van der Waals surface area contributed by atoms with Gasteiger partial charge in [0.25, 0.3) is 6.43 Å². The number of nitrogens with one attached hydrogen (secondary N) is 1. The lowest BCUT2D eigenvalue weighted by Gasteiger charge is -2.39. The van der Waals surface area contributed by atoms with Gasteiger partial charge in [0.15, 0.2) is 5.96 Å². The molecule has 1 aliphatic heterocycles. The first kappa shape index (κ1) is 18.1. The third-order valence-electron chi connectivity index (χ3n) is 3.75. The van der Waals surface area contributed by atoms with Crippen molar-refractivity contribution in [2.45, 2.75) is 25.8 Å². The van der Waals surface area contributed by atoms with Gasteiger partial charge in [-0.05, 0) is 12.3 Å². The quantitative estimate of drug-likeness (QED) is 0.470. The molecule has 0 saturated carbocycles. The Morgan fingerprint density at radius 1 is 1.52 bits per heavy atom. The van der Waals surface area contributed by atoms with Crippen LogP contribution in [0, 0.1) is 5.92 Å². The highest BCUT2D eigenvalue weighted by molar-refractivity contribution is 14.0. The number of hydrogen-bond acceptors (Lipinski definition) is 2. The molecule has 1 aromatic rings. The van der Waals surface area contributed by atoms with Crippen LogP contribution in [0.5, 0.6) is 0 Å². The van der Waals surface area contributed by atoms with Crippen LogP contribution in [0.3, 0.4) is 0 Å². The Morgan fingerprint density at radius 3 is 2.86 bits per heavy atom. The fourth-order valence-electron chi connectivity index (χ4n) is 2.60. The molecule has 0 bridgehead atoms. The lowest BCUT2D eigenvalue weighted by atomic mass is 9.93. The van der Waals surface area contributed by atoms with Gasteiger partial charge in [0.05, 0.1) is 18.9 Å². The standard InChI is InChI=1S/C13H21F2N5.HI/c1-10-3-5-19(13(16-2)18-7-12(14)15)8-11(10)20-6-4-17-9-20;/h4,6,9-12H,3,5,7-8H2,1-2H3,(H,16,18);1H. The van der Waals surface area contributed by atoms with E-state index in [-0.39, 0.29) is 36.6 Å². The summed E-state index contributed by atoms with van der Waals surface area (Å²) in [7, 11) is 1.62. The molecule has 0 radical (unpaired) electrons. The van der Waals surface area contributed by atoms with Crippen molar-refractivity contribution in [1.82, 2.24) is 19.8 Å². The molecule has 1 aromatic heterocycles. The second-order valence-electron chi connectivity index (χ2n) is 5.11. The lowest BCUT2D eigenvalue weighted by molar-refractivity contribution is 0.147. The average Bonchev–Trinajstić information content (AvgIpc) is 2.94. The molecule has 0 aromatic carbocycles. The molecular formula is C13H22F2IN5. The van der Waals surface area contributed by atoms with E-state index >= 15 is 0 Å². The second-order valence-corrected chi connectivity index (χ2v) is 5.11. The van der Waals surface area contributed by atoms with E-state index in [0.29, 0.717) is 11.9 Å². The Balaban J connectivity index is 0.00000220. The van der Waals surface area contributed by atoms with Gasteiger partial charge >= 0.3 is 0 Å². The summed E-state index contributed by atoms with van der Waals surface area (Å²) < 4.78 is 26.7. The van der Waals surface area contributed by atoms with Gasteiger partial charge in [-0.15, -0.1) is 24.0 Å². The van der Waals surface area contributed by atoms with Gasteiger partial charge in [-0.3, -0.25) is 4.99 Å². The van der Waals surface area contributed by atoms with Crippen LogP contribution in [-0.4, -0.2) is 53.5 Å². The number of hydrogen-bond donors (Lipinski definition) is 1. The average molecular weight is 413 g/mol. The molecule has 120 valence electrons. The van der Waals surface area contributed by atoms with Crippen molar-refractivity contribution in [3.63, 3.8) is 0 Å².